The minimum absolute atomic E-state index is 0.109. The first-order valence-corrected chi connectivity index (χ1v) is 13.1. The lowest BCUT2D eigenvalue weighted by molar-refractivity contribution is -0.274. The highest BCUT2D eigenvalue weighted by Crippen LogP contribution is 2.29. The summed E-state index contributed by atoms with van der Waals surface area (Å²) in [5, 5.41) is 12.0. The van der Waals surface area contributed by atoms with Crippen molar-refractivity contribution in [2.24, 2.45) is 0 Å². The summed E-state index contributed by atoms with van der Waals surface area (Å²) in [6.45, 7) is 4.26. The SMILES string of the molecule is CNc1nc(-c2c(F)cc(CN(C)NC(=S)Nc3ccccc3C(C)C)cc2F)nn1-c1ccc(OC(F)(F)F)cc1. The number of ether oxygens (including phenoxy) is 1. The van der Waals surface area contributed by atoms with Crippen LogP contribution in [0.3, 0.4) is 0 Å². The topological polar surface area (TPSA) is 79.3 Å². The lowest BCUT2D eigenvalue weighted by Gasteiger charge is -2.22. The van der Waals surface area contributed by atoms with Crippen molar-refractivity contribution in [1.29, 1.82) is 0 Å². The van der Waals surface area contributed by atoms with Crippen molar-refractivity contribution in [3.05, 3.63) is 83.4 Å². The Labute approximate surface area is 244 Å². The van der Waals surface area contributed by atoms with Crippen molar-refractivity contribution >= 4 is 29.0 Å². The number of benzene rings is 3. The van der Waals surface area contributed by atoms with Gasteiger partial charge in [-0.2, -0.15) is 9.67 Å². The number of hydrazine groups is 1. The van der Waals surface area contributed by atoms with Gasteiger partial charge in [-0.25, -0.2) is 13.8 Å². The van der Waals surface area contributed by atoms with Crippen molar-refractivity contribution in [3.8, 4) is 22.8 Å². The molecule has 4 aromatic rings. The maximum atomic E-state index is 15.2. The minimum atomic E-state index is -4.84. The van der Waals surface area contributed by atoms with Gasteiger partial charge >= 0.3 is 6.36 Å². The van der Waals surface area contributed by atoms with Crippen LogP contribution < -0.4 is 20.8 Å². The zero-order chi connectivity index (χ0) is 30.6. The standard InChI is InChI=1S/C28H28F5N7OS/c1-16(2)20-7-5-6-8-23(20)35-27(42)38-39(4)15-17-13-21(29)24(22(30)14-17)25-36-26(34-3)40(37-25)18-9-11-19(12-10-18)41-28(31,32)33/h5-14,16H,15H2,1-4H3,(H,34,36,37)(H2,35,38,42). The third kappa shape index (κ3) is 7.50. The summed E-state index contributed by atoms with van der Waals surface area (Å²) in [6.07, 6.45) is -4.84. The number of halogens is 5. The fraction of sp³-hybridized carbons (Fsp3) is 0.250. The van der Waals surface area contributed by atoms with Crippen molar-refractivity contribution in [3.63, 3.8) is 0 Å². The lowest BCUT2D eigenvalue weighted by atomic mass is 10.0. The van der Waals surface area contributed by atoms with Gasteiger partial charge in [0.15, 0.2) is 10.9 Å². The molecule has 0 aliphatic rings. The monoisotopic (exact) mass is 605 g/mol. The van der Waals surface area contributed by atoms with E-state index < -0.39 is 29.3 Å². The predicted molar refractivity (Wildman–Crippen MR) is 154 cm³/mol. The fourth-order valence-electron chi connectivity index (χ4n) is 4.23. The maximum absolute atomic E-state index is 15.2. The van der Waals surface area contributed by atoms with Gasteiger partial charge < -0.3 is 15.4 Å². The molecular weight excluding hydrogens is 577 g/mol. The van der Waals surface area contributed by atoms with Gasteiger partial charge in [-0.1, -0.05) is 32.0 Å². The van der Waals surface area contributed by atoms with Crippen LogP contribution in [-0.4, -0.2) is 45.3 Å². The largest absolute Gasteiger partial charge is 0.573 e. The summed E-state index contributed by atoms with van der Waals surface area (Å²) in [6, 6.07) is 14.9. The second-order valence-corrected chi connectivity index (χ2v) is 9.97. The van der Waals surface area contributed by atoms with E-state index in [4.69, 9.17) is 12.2 Å². The normalized spacial score (nSPS) is 11.6. The molecule has 4 rings (SSSR count). The number of hydrogen-bond donors (Lipinski definition) is 3. The Morgan fingerprint density at radius 2 is 1.69 bits per heavy atom. The van der Waals surface area contributed by atoms with Gasteiger partial charge in [0.25, 0.3) is 0 Å². The highest BCUT2D eigenvalue weighted by atomic mass is 32.1. The molecule has 1 heterocycles. The van der Waals surface area contributed by atoms with Gasteiger partial charge in [0.05, 0.1) is 11.3 Å². The molecule has 0 radical (unpaired) electrons. The van der Waals surface area contributed by atoms with Gasteiger partial charge in [0.2, 0.25) is 5.95 Å². The molecule has 14 heteroatoms. The summed E-state index contributed by atoms with van der Waals surface area (Å²) in [5.41, 5.74) is 5.09. The van der Waals surface area contributed by atoms with E-state index in [0.717, 1.165) is 23.4 Å². The second-order valence-electron chi connectivity index (χ2n) is 9.56. The number of hydrogen-bond acceptors (Lipinski definition) is 6. The first-order chi connectivity index (χ1) is 19.8. The summed E-state index contributed by atoms with van der Waals surface area (Å²) in [7, 11) is 3.20. The Hall–Kier alpha value is -4.30. The summed E-state index contributed by atoms with van der Waals surface area (Å²) < 4.78 is 73.0. The summed E-state index contributed by atoms with van der Waals surface area (Å²) in [4.78, 5) is 4.17. The third-order valence-corrected chi connectivity index (χ3v) is 6.21. The number of aromatic nitrogens is 3. The van der Waals surface area contributed by atoms with Crippen LogP contribution in [-0.2, 0) is 6.54 Å². The van der Waals surface area contributed by atoms with Gasteiger partial charge in [-0.3, -0.25) is 5.43 Å². The fourth-order valence-corrected chi connectivity index (χ4v) is 4.50. The van der Waals surface area contributed by atoms with E-state index in [2.05, 4.69) is 44.7 Å². The van der Waals surface area contributed by atoms with Crippen LogP contribution in [0.15, 0.2) is 60.7 Å². The minimum Gasteiger partial charge on any atom is -0.406 e. The predicted octanol–water partition coefficient (Wildman–Crippen LogP) is 6.61. The molecule has 222 valence electrons. The van der Waals surface area contributed by atoms with Crippen LogP contribution in [0.4, 0.5) is 33.6 Å². The Kier molecular flexibility index (Phi) is 9.27. The van der Waals surface area contributed by atoms with Crippen LogP contribution in [0.25, 0.3) is 17.1 Å². The summed E-state index contributed by atoms with van der Waals surface area (Å²) >= 11 is 5.41. The van der Waals surface area contributed by atoms with Gasteiger partial charge in [-0.15, -0.1) is 18.3 Å². The molecule has 0 aliphatic heterocycles. The van der Waals surface area contributed by atoms with Crippen LogP contribution in [0.1, 0.15) is 30.9 Å². The van der Waals surface area contributed by atoms with Crippen LogP contribution >= 0.6 is 12.2 Å². The van der Waals surface area contributed by atoms with Crippen LogP contribution in [0.2, 0.25) is 0 Å². The molecule has 0 unspecified atom stereocenters. The number of alkyl halides is 3. The van der Waals surface area contributed by atoms with Gasteiger partial charge in [0, 0.05) is 26.3 Å². The van der Waals surface area contributed by atoms with Crippen molar-refractivity contribution < 1.29 is 26.7 Å². The maximum Gasteiger partial charge on any atom is 0.573 e. The number of thiocarbonyl (C=S) groups is 1. The Balaban J connectivity index is 1.48. The molecule has 42 heavy (non-hydrogen) atoms. The van der Waals surface area contributed by atoms with Gasteiger partial charge in [-0.05, 0) is 71.7 Å². The molecule has 3 N–H and O–H groups in total. The number of nitrogens with one attached hydrogen (secondary N) is 3. The summed E-state index contributed by atoms with van der Waals surface area (Å²) in [5.74, 6) is -2.07. The van der Waals surface area contributed by atoms with Crippen molar-refractivity contribution in [1.82, 2.24) is 25.2 Å². The molecule has 0 saturated carbocycles. The molecule has 0 aliphatic carbocycles. The molecule has 3 aromatic carbocycles. The lowest BCUT2D eigenvalue weighted by Crippen LogP contribution is -2.41. The van der Waals surface area contributed by atoms with E-state index >= 15 is 8.78 Å². The quantitative estimate of drug-likeness (QED) is 0.112. The highest BCUT2D eigenvalue weighted by molar-refractivity contribution is 7.80. The van der Waals surface area contributed by atoms with E-state index in [1.165, 1.54) is 36.0 Å². The van der Waals surface area contributed by atoms with Crippen LogP contribution in [0, 0.1) is 11.6 Å². The average molecular weight is 606 g/mol. The first-order valence-electron chi connectivity index (χ1n) is 12.7. The zero-order valence-electron chi connectivity index (χ0n) is 23.1. The molecule has 0 amide bonds. The number of para-hydroxylation sites is 1. The number of nitrogens with zero attached hydrogens (tertiary/aromatic N) is 4. The third-order valence-electron chi connectivity index (χ3n) is 6.01. The highest BCUT2D eigenvalue weighted by Gasteiger charge is 2.31. The van der Waals surface area contributed by atoms with E-state index in [-0.39, 0.29) is 24.2 Å². The number of anilines is 2. The van der Waals surface area contributed by atoms with E-state index in [1.54, 1.807) is 12.1 Å². The molecule has 1 aromatic heterocycles. The van der Waals surface area contributed by atoms with Gasteiger partial charge in [0.1, 0.15) is 17.4 Å². The van der Waals surface area contributed by atoms with Crippen molar-refractivity contribution in [2.75, 3.05) is 24.7 Å². The van der Waals surface area contributed by atoms with E-state index in [9.17, 15) is 13.2 Å². The molecule has 0 spiro atoms. The van der Waals surface area contributed by atoms with E-state index in [1.807, 2.05) is 24.3 Å². The first kappa shape index (κ1) is 30.7. The molecule has 0 bridgehead atoms. The smallest absolute Gasteiger partial charge is 0.406 e. The van der Waals surface area contributed by atoms with E-state index in [0.29, 0.717) is 16.4 Å². The average Bonchev–Trinajstić information content (AvgIpc) is 3.31. The Morgan fingerprint density at radius 3 is 2.29 bits per heavy atom. The molecule has 0 saturated heterocycles. The second kappa shape index (κ2) is 12.7. The molecule has 8 nitrogen and oxygen atoms in total. The van der Waals surface area contributed by atoms with Crippen molar-refractivity contribution in [2.45, 2.75) is 32.7 Å². The molecular formula is C28H28F5N7OS. The number of rotatable bonds is 9. The van der Waals surface area contributed by atoms with Crippen LogP contribution in [0.5, 0.6) is 5.75 Å². The Morgan fingerprint density at radius 1 is 1.05 bits per heavy atom. The zero-order valence-corrected chi connectivity index (χ0v) is 23.9. The molecule has 0 fully saturated rings. The Bertz CT molecular complexity index is 1530. The molecule has 0 atom stereocenters.